The molecule has 6 heteroatoms. The molecular weight excluding hydrogens is 400 g/mol. The molecule has 0 saturated heterocycles. The van der Waals surface area contributed by atoms with Crippen LogP contribution in [-0.4, -0.2) is 35.9 Å². The molecule has 1 atom stereocenters. The summed E-state index contributed by atoms with van der Waals surface area (Å²) in [5.41, 5.74) is 4.04. The second-order valence-electron chi connectivity index (χ2n) is 7.61. The fraction of sp³-hybridized carbons (Fsp3) is 0.417. The van der Waals surface area contributed by atoms with Gasteiger partial charge in [0, 0.05) is 18.1 Å². The maximum atomic E-state index is 13.1. The molecule has 0 saturated carbocycles. The highest BCUT2D eigenvalue weighted by atomic mass is 35.5. The van der Waals surface area contributed by atoms with Crippen molar-refractivity contribution in [2.24, 2.45) is 0 Å². The summed E-state index contributed by atoms with van der Waals surface area (Å²) in [6.07, 6.45) is 0.829. The quantitative estimate of drug-likeness (QED) is 0.633. The average Bonchev–Trinajstić information content (AvgIpc) is 2.71. The lowest BCUT2D eigenvalue weighted by Crippen LogP contribution is -2.49. The Bertz CT molecular complexity index is 898. The van der Waals surface area contributed by atoms with E-state index < -0.39 is 6.04 Å². The Morgan fingerprint density at radius 3 is 2.57 bits per heavy atom. The van der Waals surface area contributed by atoms with E-state index in [1.54, 1.807) is 19.1 Å². The Morgan fingerprint density at radius 2 is 1.90 bits per heavy atom. The summed E-state index contributed by atoms with van der Waals surface area (Å²) in [6, 6.07) is 10.7. The van der Waals surface area contributed by atoms with Gasteiger partial charge in [-0.1, -0.05) is 36.7 Å². The lowest BCUT2D eigenvalue weighted by molar-refractivity contribution is -0.142. The van der Waals surface area contributed by atoms with Crippen molar-refractivity contribution < 1.29 is 14.3 Å². The van der Waals surface area contributed by atoms with Crippen molar-refractivity contribution in [1.29, 1.82) is 0 Å². The molecule has 5 nitrogen and oxygen atoms in total. The monoisotopic (exact) mass is 430 g/mol. The van der Waals surface area contributed by atoms with Gasteiger partial charge in [0.15, 0.2) is 6.61 Å². The van der Waals surface area contributed by atoms with Crippen molar-refractivity contribution in [3.05, 3.63) is 63.7 Å². The Labute approximate surface area is 184 Å². The molecule has 2 rings (SSSR count). The molecule has 0 aliphatic carbocycles. The van der Waals surface area contributed by atoms with Gasteiger partial charge in [0.25, 0.3) is 5.91 Å². The summed E-state index contributed by atoms with van der Waals surface area (Å²) in [5, 5.41) is 3.45. The summed E-state index contributed by atoms with van der Waals surface area (Å²) in [4.78, 5) is 27.2. The van der Waals surface area contributed by atoms with Crippen LogP contribution in [0.25, 0.3) is 0 Å². The number of ether oxygens (including phenoxy) is 1. The average molecular weight is 431 g/mol. The minimum atomic E-state index is -0.632. The Kier molecular flexibility index (Phi) is 8.72. The number of rotatable bonds is 9. The van der Waals surface area contributed by atoms with E-state index in [4.69, 9.17) is 16.3 Å². The second kappa shape index (κ2) is 11.0. The molecule has 30 heavy (non-hydrogen) atoms. The zero-order chi connectivity index (χ0) is 22.3. The zero-order valence-electron chi connectivity index (χ0n) is 18.4. The van der Waals surface area contributed by atoms with Crippen molar-refractivity contribution in [1.82, 2.24) is 10.2 Å². The number of aryl methyl sites for hydroxylation is 2. The molecule has 0 spiro atoms. The molecule has 2 aromatic carbocycles. The predicted molar refractivity (Wildman–Crippen MR) is 121 cm³/mol. The van der Waals surface area contributed by atoms with Crippen LogP contribution in [0.5, 0.6) is 5.75 Å². The first-order valence-electron chi connectivity index (χ1n) is 10.2. The molecule has 0 bridgehead atoms. The van der Waals surface area contributed by atoms with E-state index in [0.717, 1.165) is 28.7 Å². The van der Waals surface area contributed by atoms with Crippen LogP contribution in [-0.2, 0) is 16.1 Å². The van der Waals surface area contributed by atoms with Crippen molar-refractivity contribution in [3.8, 4) is 5.75 Å². The smallest absolute Gasteiger partial charge is 0.261 e. The Hall–Kier alpha value is -2.53. The lowest BCUT2D eigenvalue weighted by Gasteiger charge is -2.29. The van der Waals surface area contributed by atoms with E-state index >= 15 is 0 Å². The Morgan fingerprint density at radius 1 is 1.17 bits per heavy atom. The zero-order valence-corrected chi connectivity index (χ0v) is 19.2. The number of hydrogen-bond acceptors (Lipinski definition) is 3. The fourth-order valence-corrected chi connectivity index (χ4v) is 3.40. The van der Waals surface area contributed by atoms with E-state index in [9.17, 15) is 9.59 Å². The summed E-state index contributed by atoms with van der Waals surface area (Å²) in [5.74, 6) is 0.245. The topological polar surface area (TPSA) is 58.6 Å². The van der Waals surface area contributed by atoms with Gasteiger partial charge in [-0.05, 0) is 74.6 Å². The number of carbonyl (C=O) groups is 2. The maximum absolute atomic E-state index is 13.1. The largest absolute Gasteiger partial charge is 0.483 e. The summed E-state index contributed by atoms with van der Waals surface area (Å²) in [6.45, 7) is 10.4. The lowest BCUT2D eigenvalue weighted by atomic mass is 10.1. The van der Waals surface area contributed by atoms with Crippen LogP contribution in [0.2, 0.25) is 5.02 Å². The minimum absolute atomic E-state index is 0.143. The molecular formula is C24H31ClN2O3. The minimum Gasteiger partial charge on any atom is -0.483 e. The van der Waals surface area contributed by atoms with Gasteiger partial charge in [0.1, 0.15) is 11.8 Å². The molecule has 162 valence electrons. The molecule has 0 fully saturated rings. The van der Waals surface area contributed by atoms with Crippen LogP contribution in [0.3, 0.4) is 0 Å². The van der Waals surface area contributed by atoms with Crippen LogP contribution >= 0.6 is 11.6 Å². The van der Waals surface area contributed by atoms with E-state index in [1.807, 2.05) is 45.9 Å². The molecule has 1 N–H and O–H groups in total. The van der Waals surface area contributed by atoms with Crippen LogP contribution in [0.1, 0.15) is 42.5 Å². The molecule has 0 aliphatic heterocycles. The van der Waals surface area contributed by atoms with Crippen LogP contribution in [0.15, 0.2) is 36.4 Å². The number of hydrogen-bond donors (Lipinski definition) is 1. The molecule has 2 amide bonds. The first kappa shape index (κ1) is 23.7. The predicted octanol–water partition coefficient (Wildman–Crippen LogP) is 4.59. The number of benzene rings is 2. The molecule has 0 heterocycles. The standard InChI is InChI=1S/C24H31ClN2O3/c1-6-10-26-24(29)19(5)27(14-20-8-7-9-21(25)13-20)23(28)15-30-22-12-16(2)11-17(3)18(22)4/h7-9,11-13,19H,6,10,14-15H2,1-5H3,(H,26,29)/t19-/m1/s1. The SMILES string of the molecule is CCCNC(=O)[C@@H](C)N(Cc1cccc(Cl)c1)C(=O)COc1cc(C)cc(C)c1C. The highest BCUT2D eigenvalue weighted by Gasteiger charge is 2.26. The summed E-state index contributed by atoms with van der Waals surface area (Å²) in [7, 11) is 0. The second-order valence-corrected chi connectivity index (χ2v) is 8.05. The number of amides is 2. The van der Waals surface area contributed by atoms with E-state index in [-0.39, 0.29) is 25.0 Å². The van der Waals surface area contributed by atoms with Gasteiger partial charge in [-0.2, -0.15) is 0 Å². The third-order valence-electron chi connectivity index (χ3n) is 5.07. The van der Waals surface area contributed by atoms with E-state index in [0.29, 0.717) is 17.3 Å². The normalized spacial score (nSPS) is 11.7. The fourth-order valence-electron chi connectivity index (χ4n) is 3.18. The summed E-state index contributed by atoms with van der Waals surface area (Å²) < 4.78 is 5.86. The molecule has 0 unspecified atom stereocenters. The van der Waals surface area contributed by atoms with Gasteiger partial charge in [-0.3, -0.25) is 9.59 Å². The van der Waals surface area contributed by atoms with Crippen molar-refractivity contribution in [3.63, 3.8) is 0 Å². The highest BCUT2D eigenvalue weighted by Crippen LogP contribution is 2.23. The molecule has 2 aromatic rings. The molecule has 0 radical (unpaired) electrons. The Balaban J connectivity index is 2.19. The van der Waals surface area contributed by atoms with Crippen molar-refractivity contribution in [2.45, 2.75) is 53.6 Å². The number of carbonyl (C=O) groups excluding carboxylic acids is 2. The third-order valence-corrected chi connectivity index (χ3v) is 5.31. The van der Waals surface area contributed by atoms with Gasteiger partial charge < -0.3 is 15.0 Å². The van der Waals surface area contributed by atoms with Crippen LogP contribution < -0.4 is 10.1 Å². The third kappa shape index (κ3) is 6.49. The van der Waals surface area contributed by atoms with Crippen molar-refractivity contribution >= 4 is 23.4 Å². The molecule has 0 aromatic heterocycles. The van der Waals surface area contributed by atoms with Gasteiger partial charge >= 0.3 is 0 Å². The first-order chi connectivity index (χ1) is 14.2. The van der Waals surface area contributed by atoms with Gasteiger partial charge in [-0.15, -0.1) is 0 Å². The van der Waals surface area contributed by atoms with Gasteiger partial charge in [0.05, 0.1) is 0 Å². The van der Waals surface area contributed by atoms with Crippen LogP contribution in [0.4, 0.5) is 0 Å². The van der Waals surface area contributed by atoms with Gasteiger partial charge in [-0.25, -0.2) is 0 Å². The number of halogens is 1. The van der Waals surface area contributed by atoms with Crippen LogP contribution in [0, 0.1) is 20.8 Å². The number of nitrogens with zero attached hydrogens (tertiary/aromatic N) is 1. The first-order valence-corrected chi connectivity index (χ1v) is 10.6. The van der Waals surface area contributed by atoms with Gasteiger partial charge in [0.2, 0.25) is 5.91 Å². The highest BCUT2D eigenvalue weighted by molar-refractivity contribution is 6.30. The van der Waals surface area contributed by atoms with E-state index in [1.165, 1.54) is 4.90 Å². The van der Waals surface area contributed by atoms with E-state index in [2.05, 4.69) is 11.4 Å². The summed E-state index contributed by atoms with van der Waals surface area (Å²) >= 11 is 6.10. The van der Waals surface area contributed by atoms with Crippen molar-refractivity contribution in [2.75, 3.05) is 13.2 Å². The molecule has 0 aliphatic rings. The number of nitrogens with one attached hydrogen (secondary N) is 1. The maximum Gasteiger partial charge on any atom is 0.261 e.